The zero-order valence-corrected chi connectivity index (χ0v) is 16.1. The summed E-state index contributed by atoms with van der Waals surface area (Å²) in [5.41, 5.74) is 2.50. The molecule has 146 valence electrons. The van der Waals surface area contributed by atoms with Crippen molar-refractivity contribution >= 4 is 11.9 Å². The van der Waals surface area contributed by atoms with E-state index in [0.29, 0.717) is 18.8 Å². The molecule has 7 nitrogen and oxygen atoms in total. The zero-order valence-electron chi connectivity index (χ0n) is 16.1. The van der Waals surface area contributed by atoms with Gasteiger partial charge in [-0.15, -0.1) is 0 Å². The second-order valence-electron chi connectivity index (χ2n) is 7.00. The maximum absolute atomic E-state index is 12.1. The Kier molecular flexibility index (Phi) is 6.98. The van der Waals surface area contributed by atoms with Crippen molar-refractivity contribution in [3.63, 3.8) is 0 Å². The molecule has 1 heterocycles. The summed E-state index contributed by atoms with van der Waals surface area (Å²) in [6, 6.07) is 6.28. The number of hydrogen-bond donors (Lipinski definition) is 2. The highest BCUT2D eigenvalue weighted by atomic mass is 16.5. The van der Waals surface area contributed by atoms with Crippen LogP contribution in [0.5, 0.6) is 5.75 Å². The Morgan fingerprint density at radius 3 is 2.41 bits per heavy atom. The van der Waals surface area contributed by atoms with Crippen molar-refractivity contribution in [1.82, 2.24) is 10.5 Å². The second kappa shape index (κ2) is 9.21. The van der Waals surface area contributed by atoms with E-state index in [1.54, 1.807) is 24.3 Å². The third-order valence-corrected chi connectivity index (χ3v) is 4.19. The molecule has 1 aromatic heterocycles. The molecule has 27 heavy (non-hydrogen) atoms. The lowest BCUT2D eigenvalue weighted by Gasteiger charge is -2.16. The van der Waals surface area contributed by atoms with Crippen LogP contribution in [-0.4, -0.2) is 28.2 Å². The van der Waals surface area contributed by atoms with Crippen LogP contribution in [-0.2, 0) is 22.6 Å². The standard InChI is InChI=1S/C20H26N2O5/c1-12(2)9-18(20(24)25)21-19(23)10-15-5-7-16(8-6-15)26-11-17-13(3)22-27-14(17)4/h5-8,12,18H,9-11H2,1-4H3,(H,21,23)(H,24,25)/t18-/m1/s1. The number of aryl methyl sites for hydroxylation is 2. The number of hydrogen-bond acceptors (Lipinski definition) is 5. The quantitative estimate of drug-likeness (QED) is 0.699. The summed E-state index contributed by atoms with van der Waals surface area (Å²) < 4.78 is 10.8. The van der Waals surface area contributed by atoms with Gasteiger partial charge in [-0.05, 0) is 43.9 Å². The Bertz CT molecular complexity index is 761. The van der Waals surface area contributed by atoms with Crippen LogP contribution in [0.2, 0.25) is 0 Å². The van der Waals surface area contributed by atoms with E-state index in [1.165, 1.54) is 0 Å². The number of ether oxygens (including phenoxy) is 1. The van der Waals surface area contributed by atoms with Crippen molar-refractivity contribution in [3.05, 3.63) is 46.8 Å². The molecule has 1 aromatic carbocycles. The molecule has 2 rings (SSSR count). The minimum absolute atomic E-state index is 0.117. The Morgan fingerprint density at radius 2 is 1.89 bits per heavy atom. The molecule has 0 aliphatic heterocycles. The molecule has 0 saturated heterocycles. The fourth-order valence-electron chi connectivity index (χ4n) is 2.69. The average molecular weight is 374 g/mol. The Labute approximate surface area is 158 Å². The smallest absolute Gasteiger partial charge is 0.326 e. The largest absolute Gasteiger partial charge is 0.489 e. The first-order valence-corrected chi connectivity index (χ1v) is 8.92. The molecule has 0 saturated carbocycles. The van der Waals surface area contributed by atoms with Gasteiger partial charge in [0, 0.05) is 0 Å². The summed E-state index contributed by atoms with van der Waals surface area (Å²) in [6.45, 7) is 7.90. The molecule has 1 amide bonds. The molecule has 0 aliphatic rings. The Balaban J connectivity index is 1.89. The number of nitrogens with one attached hydrogen (secondary N) is 1. The molecular weight excluding hydrogens is 348 g/mol. The lowest BCUT2D eigenvalue weighted by Crippen LogP contribution is -2.42. The maximum Gasteiger partial charge on any atom is 0.326 e. The van der Waals surface area contributed by atoms with Crippen LogP contribution < -0.4 is 10.1 Å². The summed E-state index contributed by atoms with van der Waals surface area (Å²) in [6.07, 6.45) is 0.515. The van der Waals surface area contributed by atoms with Crippen molar-refractivity contribution in [2.24, 2.45) is 5.92 Å². The lowest BCUT2D eigenvalue weighted by atomic mass is 10.0. The van der Waals surface area contributed by atoms with E-state index < -0.39 is 12.0 Å². The summed E-state index contributed by atoms with van der Waals surface area (Å²) in [5.74, 6) is 0.255. The normalized spacial score (nSPS) is 12.0. The molecule has 0 bridgehead atoms. The van der Waals surface area contributed by atoms with Gasteiger partial charge in [0.15, 0.2) is 0 Å². The zero-order chi connectivity index (χ0) is 20.0. The third kappa shape index (κ3) is 6.13. The van der Waals surface area contributed by atoms with Gasteiger partial charge in [-0.2, -0.15) is 0 Å². The van der Waals surface area contributed by atoms with Crippen molar-refractivity contribution in [1.29, 1.82) is 0 Å². The van der Waals surface area contributed by atoms with E-state index in [9.17, 15) is 14.7 Å². The van der Waals surface area contributed by atoms with Gasteiger partial charge in [0.2, 0.25) is 5.91 Å². The summed E-state index contributed by atoms with van der Waals surface area (Å²) in [4.78, 5) is 23.4. The van der Waals surface area contributed by atoms with Gasteiger partial charge in [0.05, 0.1) is 17.7 Å². The van der Waals surface area contributed by atoms with Crippen LogP contribution in [0.15, 0.2) is 28.8 Å². The number of carbonyl (C=O) groups excluding carboxylic acids is 1. The van der Waals surface area contributed by atoms with Gasteiger partial charge in [-0.1, -0.05) is 31.1 Å². The molecular formula is C20H26N2O5. The summed E-state index contributed by atoms with van der Waals surface area (Å²) in [7, 11) is 0. The first-order valence-electron chi connectivity index (χ1n) is 8.92. The molecule has 0 unspecified atom stereocenters. The van der Waals surface area contributed by atoms with Gasteiger partial charge < -0.3 is 19.7 Å². The molecule has 0 aliphatic carbocycles. The van der Waals surface area contributed by atoms with E-state index >= 15 is 0 Å². The SMILES string of the molecule is Cc1noc(C)c1COc1ccc(CC(=O)N[C@H](CC(C)C)C(=O)O)cc1. The molecule has 0 fully saturated rings. The van der Waals surface area contributed by atoms with Crippen LogP contribution >= 0.6 is 0 Å². The Morgan fingerprint density at radius 1 is 1.22 bits per heavy atom. The molecule has 0 spiro atoms. The van der Waals surface area contributed by atoms with Crippen molar-refractivity contribution in [3.8, 4) is 5.75 Å². The summed E-state index contributed by atoms with van der Waals surface area (Å²) in [5, 5.41) is 15.7. The number of carboxylic acids is 1. The fourth-order valence-corrected chi connectivity index (χ4v) is 2.69. The van der Waals surface area contributed by atoms with Crippen LogP contribution in [0, 0.1) is 19.8 Å². The highest BCUT2D eigenvalue weighted by Crippen LogP contribution is 2.18. The summed E-state index contributed by atoms with van der Waals surface area (Å²) >= 11 is 0. The number of nitrogens with zero attached hydrogens (tertiary/aromatic N) is 1. The van der Waals surface area contributed by atoms with Gasteiger partial charge in [-0.25, -0.2) is 4.79 Å². The highest BCUT2D eigenvalue weighted by Gasteiger charge is 2.21. The van der Waals surface area contributed by atoms with Crippen LogP contribution in [0.25, 0.3) is 0 Å². The van der Waals surface area contributed by atoms with Crippen LogP contribution in [0.3, 0.4) is 0 Å². The first-order chi connectivity index (χ1) is 12.8. The third-order valence-electron chi connectivity index (χ3n) is 4.19. The Hall–Kier alpha value is -2.83. The number of amides is 1. The van der Waals surface area contributed by atoms with E-state index in [-0.39, 0.29) is 18.2 Å². The predicted octanol–water partition coefficient (Wildman–Crippen LogP) is 3.03. The van der Waals surface area contributed by atoms with Gasteiger partial charge >= 0.3 is 5.97 Å². The maximum atomic E-state index is 12.1. The number of aromatic nitrogens is 1. The van der Waals surface area contributed by atoms with E-state index in [2.05, 4.69) is 10.5 Å². The van der Waals surface area contributed by atoms with Crippen molar-refractivity contribution in [2.75, 3.05) is 0 Å². The number of carbonyl (C=O) groups is 2. The lowest BCUT2D eigenvalue weighted by molar-refractivity contribution is -0.142. The van der Waals surface area contributed by atoms with E-state index in [0.717, 1.165) is 22.6 Å². The van der Waals surface area contributed by atoms with Crippen molar-refractivity contribution in [2.45, 2.75) is 53.2 Å². The first kappa shape index (κ1) is 20.5. The topological polar surface area (TPSA) is 102 Å². The predicted molar refractivity (Wildman–Crippen MR) is 99.5 cm³/mol. The minimum Gasteiger partial charge on any atom is -0.489 e. The van der Waals surface area contributed by atoms with E-state index in [4.69, 9.17) is 9.26 Å². The molecule has 2 N–H and O–H groups in total. The van der Waals surface area contributed by atoms with Crippen LogP contribution in [0.1, 0.15) is 42.8 Å². The molecule has 0 radical (unpaired) electrons. The number of rotatable bonds is 9. The number of aliphatic carboxylic acids is 1. The van der Waals surface area contributed by atoms with Gasteiger partial charge in [0.1, 0.15) is 24.2 Å². The van der Waals surface area contributed by atoms with E-state index in [1.807, 2.05) is 27.7 Å². The fraction of sp³-hybridized carbons (Fsp3) is 0.450. The second-order valence-corrected chi connectivity index (χ2v) is 7.00. The molecule has 1 atom stereocenters. The monoisotopic (exact) mass is 374 g/mol. The minimum atomic E-state index is -1.01. The molecule has 2 aromatic rings. The average Bonchev–Trinajstić information content (AvgIpc) is 2.91. The highest BCUT2D eigenvalue weighted by molar-refractivity contribution is 5.84. The van der Waals surface area contributed by atoms with Crippen molar-refractivity contribution < 1.29 is 24.0 Å². The molecule has 7 heteroatoms. The van der Waals surface area contributed by atoms with Crippen LogP contribution in [0.4, 0.5) is 0 Å². The number of carboxylic acid groups (broad SMARTS) is 1. The van der Waals surface area contributed by atoms with Gasteiger partial charge in [-0.3, -0.25) is 4.79 Å². The number of benzene rings is 1. The van der Waals surface area contributed by atoms with Gasteiger partial charge in [0.25, 0.3) is 0 Å².